The van der Waals surface area contributed by atoms with E-state index in [-0.39, 0.29) is 11.8 Å². The third-order valence-electron chi connectivity index (χ3n) is 6.23. The highest BCUT2D eigenvalue weighted by Gasteiger charge is 2.29. The molecule has 6 nitrogen and oxygen atoms in total. The number of carbonyl (C=O) groups is 2. The summed E-state index contributed by atoms with van der Waals surface area (Å²) in [4.78, 5) is 34.4. The van der Waals surface area contributed by atoms with Gasteiger partial charge in [0.25, 0.3) is 11.8 Å². The number of carbonyl (C=O) groups excluding carboxylic acids is 2. The zero-order valence-electron chi connectivity index (χ0n) is 17.3. The monoisotopic (exact) mass is 402 g/mol. The number of fused-ring (bicyclic) bond motifs is 3. The summed E-state index contributed by atoms with van der Waals surface area (Å²) in [5.74, 6) is 1.01. The Bertz CT molecular complexity index is 1110. The average Bonchev–Trinajstić information content (AvgIpc) is 3.14. The van der Waals surface area contributed by atoms with E-state index in [1.54, 1.807) is 0 Å². The second-order valence-corrected chi connectivity index (χ2v) is 8.50. The van der Waals surface area contributed by atoms with Gasteiger partial charge in [-0.1, -0.05) is 37.3 Å². The molecule has 0 unspecified atom stereocenters. The van der Waals surface area contributed by atoms with Crippen molar-refractivity contribution >= 4 is 22.8 Å². The SMILES string of the molecule is C[C@H]1CCCN(C(=O)c2ccc3c(c2)nc2n3CCN(Cc3ccccc3)C2=O)C1. The van der Waals surface area contributed by atoms with Gasteiger partial charge in [-0.15, -0.1) is 0 Å². The molecule has 1 fully saturated rings. The van der Waals surface area contributed by atoms with Crippen LogP contribution in [0.5, 0.6) is 0 Å². The van der Waals surface area contributed by atoms with E-state index in [2.05, 4.69) is 11.9 Å². The van der Waals surface area contributed by atoms with Gasteiger partial charge >= 0.3 is 0 Å². The van der Waals surface area contributed by atoms with Crippen molar-refractivity contribution in [3.8, 4) is 0 Å². The Kier molecular flexibility index (Phi) is 4.77. The lowest BCUT2D eigenvalue weighted by molar-refractivity contribution is 0.0677. The van der Waals surface area contributed by atoms with E-state index in [0.29, 0.717) is 36.9 Å². The number of rotatable bonds is 3. The summed E-state index contributed by atoms with van der Waals surface area (Å²) < 4.78 is 1.98. The summed E-state index contributed by atoms with van der Waals surface area (Å²) in [5.41, 5.74) is 3.40. The number of hydrogen-bond acceptors (Lipinski definition) is 3. The minimum atomic E-state index is -0.0564. The maximum absolute atomic E-state index is 13.1. The van der Waals surface area contributed by atoms with Crippen molar-refractivity contribution in [1.82, 2.24) is 19.4 Å². The Hall–Kier alpha value is -3.15. The lowest BCUT2D eigenvalue weighted by Gasteiger charge is -2.31. The molecule has 0 saturated carbocycles. The molecule has 2 aromatic carbocycles. The molecular weight excluding hydrogens is 376 g/mol. The fourth-order valence-electron chi connectivity index (χ4n) is 4.63. The molecule has 2 aliphatic rings. The third-order valence-corrected chi connectivity index (χ3v) is 6.23. The standard InChI is InChI=1S/C24H26N4O2/c1-17-6-5-11-26(15-17)23(29)19-9-10-21-20(14-19)25-22-24(30)27(12-13-28(21)22)16-18-7-3-2-4-8-18/h2-4,7-10,14,17H,5-6,11-13,15-16H2,1H3/t17-/m0/s1. The first-order chi connectivity index (χ1) is 14.6. The molecule has 0 bridgehead atoms. The maximum Gasteiger partial charge on any atom is 0.290 e. The van der Waals surface area contributed by atoms with Gasteiger partial charge in [0, 0.05) is 38.3 Å². The first-order valence-electron chi connectivity index (χ1n) is 10.7. The minimum absolute atomic E-state index is 0.0564. The quantitative estimate of drug-likeness (QED) is 0.673. The molecule has 154 valence electrons. The molecule has 0 N–H and O–H groups in total. The Morgan fingerprint density at radius 3 is 2.73 bits per heavy atom. The largest absolute Gasteiger partial charge is 0.338 e. The highest BCUT2D eigenvalue weighted by Crippen LogP contribution is 2.25. The van der Waals surface area contributed by atoms with Crippen molar-refractivity contribution in [2.75, 3.05) is 19.6 Å². The van der Waals surface area contributed by atoms with Crippen molar-refractivity contribution in [2.24, 2.45) is 5.92 Å². The van der Waals surface area contributed by atoms with Gasteiger partial charge in [-0.3, -0.25) is 9.59 Å². The summed E-state index contributed by atoms with van der Waals surface area (Å²) >= 11 is 0. The van der Waals surface area contributed by atoms with Crippen LogP contribution in [0.4, 0.5) is 0 Å². The number of benzene rings is 2. The fraction of sp³-hybridized carbons (Fsp3) is 0.375. The third kappa shape index (κ3) is 3.36. The summed E-state index contributed by atoms with van der Waals surface area (Å²) in [6.07, 6.45) is 2.23. The molecule has 3 aromatic rings. The molecule has 0 aliphatic carbocycles. The van der Waals surface area contributed by atoms with Gasteiger partial charge in [0.15, 0.2) is 5.82 Å². The van der Waals surface area contributed by atoms with Crippen LogP contribution in [0.15, 0.2) is 48.5 Å². The van der Waals surface area contributed by atoms with Gasteiger partial charge in [0.05, 0.1) is 11.0 Å². The Balaban J connectivity index is 1.41. The Morgan fingerprint density at radius 2 is 1.93 bits per heavy atom. The predicted molar refractivity (Wildman–Crippen MR) is 115 cm³/mol. The molecule has 30 heavy (non-hydrogen) atoms. The van der Waals surface area contributed by atoms with Crippen LogP contribution in [0.3, 0.4) is 0 Å². The van der Waals surface area contributed by atoms with Crippen molar-refractivity contribution < 1.29 is 9.59 Å². The van der Waals surface area contributed by atoms with E-state index < -0.39 is 0 Å². The van der Waals surface area contributed by atoms with E-state index in [9.17, 15) is 9.59 Å². The topological polar surface area (TPSA) is 58.4 Å². The zero-order valence-corrected chi connectivity index (χ0v) is 17.3. The molecule has 1 atom stereocenters. The fourth-order valence-corrected chi connectivity index (χ4v) is 4.63. The molecule has 1 saturated heterocycles. The number of imidazole rings is 1. The van der Waals surface area contributed by atoms with Gasteiger partial charge in [0.2, 0.25) is 0 Å². The van der Waals surface area contributed by atoms with E-state index in [0.717, 1.165) is 36.1 Å². The smallest absolute Gasteiger partial charge is 0.290 e. The van der Waals surface area contributed by atoms with E-state index in [4.69, 9.17) is 0 Å². The van der Waals surface area contributed by atoms with Crippen molar-refractivity contribution in [1.29, 1.82) is 0 Å². The van der Waals surface area contributed by atoms with Crippen molar-refractivity contribution in [3.63, 3.8) is 0 Å². The van der Waals surface area contributed by atoms with Crippen molar-refractivity contribution in [3.05, 3.63) is 65.5 Å². The van der Waals surface area contributed by atoms with Gasteiger partial charge in [-0.2, -0.15) is 0 Å². The average molecular weight is 402 g/mol. The van der Waals surface area contributed by atoms with Crippen LogP contribution in [0.2, 0.25) is 0 Å². The number of nitrogens with zero attached hydrogens (tertiary/aromatic N) is 4. The van der Waals surface area contributed by atoms with Gasteiger partial charge in [-0.25, -0.2) is 4.98 Å². The van der Waals surface area contributed by atoms with Crippen LogP contribution in [-0.4, -0.2) is 50.8 Å². The van der Waals surface area contributed by atoms with Crippen LogP contribution in [0.1, 0.15) is 46.3 Å². The highest BCUT2D eigenvalue weighted by molar-refractivity contribution is 6.00. The Labute approximate surface area is 176 Å². The normalized spacial score (nSPS) is 19.2. The van der Waals surface area contributed by atoms with E-state index >= 15 is 0 Å². The first-order valence-corrected chi connectivity index (χ1v) is 10.7. The molecular formula is C24H26N4O2. The van der Waals surface area contributed by atoms with Crippen molar-refractivity contribution in [2.45, 2.75) is 32.9 Å². The minimum Gasteiger partial charge on any atom is -0.338 e. The molecule has 0 radical (unpaired) electrons. The molecule has 1 aromatic heterocycles. The molecule has 2 amide bonds. The molecule has 2 aliphatic heterocycles. The first kappa shape index (κ1) is 18.9. The van der Waals surface area contributed by atoms with Gasteiger partial charge in [-0.05, 0) is 42.5 Å². The van der Waals surface area contributed by atoms with Gasteiger partial charge < -0.3 is 14.4 Å². The van der Waals surface area contributed by atoms with E-state index in [1.165, 1.54) is 6.42 Å². The Morgan fingerprint density at radius 1 is 1.10 bits per heavy atom. The van der Waals surface area contributed by atoms with Gasteiger partial charge in [0.1, 0.15) is 0 Å². The summed E-state index contributed by atoms with van der Waals surface area (Å²) in [6, 6.07) is 15.7. The highest BCUT2D eigenvalue weighted by atomic mass is 16.2. The number of hydrogen-bond donors (Lipinski definition) is 0. The summed E-state index contributed by atoms with van der Waals surface area (Å²) in [6.45, 7) is 5.76. The number of likely N-dealkylation sites (tertiary alicyclic amines) is 1. The second kappa shape index (κ2) is 7.59. The van der Waals surface area contributed by atoms with Crippen LogP contribution in [0, 0.1) is 5.92 Å². The maximum atomic E-state index is 13.1. The number of amides is 2. The zero-order chi connectivity index (χ0) is 20.7. The lowest BCUT2D eigenvalue weighted by atomic mass is 9.99. The molecule has 5 rings (SSSR count). The second-order valence-electron chi connectivity index (χ2n) is 8.50. The molecule has 3 heterocycles. The predicted octanol–water partition coefficient (Wildman–Crippen LogP) is 3.56. The van der Waals surface area contributed by atoms with Crippen LogP contribution in [0.25, 0.3) is 11.0 Å². The van der Waals surface area contributed by atoms with Crippen LogP contribution < -0.4 is 0 Å². The van der Waals surface area contributed by atoms with Crippen LogP contribution >= 0.6 is 0 Å². The summed E-state index contributed by atoms with van der Waals surface area (Å²) in [7, 11) is 0. The number of piperidine rings is 1. The van der Waals surface area contributed by atoms with Crippen LogP contribution in [-0.2, 0) is 13.1 Å². The van der Waals surface area contributed by atoms with E-state index in [1.807, 2.05) is 62.9 Å². The molecule has 0 spiro atoms. The summed E-state index contributed by atoms with van der Waals surface area (Å²) in [5, 5.41) is 0. The lowest BCUT2D eigenvalue weighted by Crippen LogP contribution is -2.39. The molecule has 6 heteroatoms. The number of aromatic nitrogens is 2.